The summed E-state index contributed by atoms with van der Waals surface area (Å²) in [4.78, 5) is 43.3. The quantitative estimate of drug-likeness (QED) is 0.193. The van der Waals surface area contributed by atoms with Gasteiger partial charge in [0.15, 0.2) is 12.4 Å². The molecule has 3 saturated carbocycles. The normalized spacial score (nSPS) is 35.3. The monoisotopic (exact) mass is 626 g/mol. The molecule has 0 bridgehead atoms. The summed E-state index contributed by atoms with van der Waals surface area (Å²) < 4.78 is 5.13. The Balaban J connectivity index is 1.23. The average molecular weight is 627 g/mol. The summed E-state index contributed by atoms with van der Waals surface area (Å²) in [7, 11) is 0. The molecule has 0 aromatic heterocycles. The highest BCUT2D eigenvalue weighted by atomic mass is 16.6. The molecule has 5 rings (SSSR count). The van der Waals surface area contributed by atoms with Crippen LogP contribution < -0.4 is 5.32 Å². The van der Waals surface area contributed by atoms with E-state index in [4.69, 9.17) is 9.57 Å². The van der Waals surface area contributed by atoms with Crippen LogP contribution in [0.3, 0.4) is 0 Å². The number of oxime groups is 1. The van der Waals surface area contributed by atoms with Crippen molar-refractivity contribution in [3.8, 4) is 5.75 Å². The summed E-state index contributed by atoms with van der Waals surface area (Å²) in [5.41, 5.74) is -0.0411. The van der Waals surface area contributed by atoms with Gasteiger partial charge in [-0.05, 0) is 98.8 Å². The number of amides is 1. The number of carbonyl (C=O) groups is 3. The Morgan fingerprint density at radius 2 is 1.84 bits per heavy atom. The number of fused-ring (bicyclic) bond motifs is 5. The summed E-state index contributed by atoms with van der Waals surface area (Å²) in [5, 5.41) is 49.0. The van der Waals surface area contributed by atoms with Crippen molar-refractivity contribution in [3.63, 3.8) is 0 Å². The van der Waals surface area contributed by atoms with Crippen LogP contribution in [0.5, 0.6) is 5.75 Å². The SMILES string of the molecule is CCOC(=O)[C@H](Cc1ccc(O)cc1)NC(=O)CO/N=C1\C=C2CC[C@H]3[C@H]([C@@H](O)C[C@@]4(C)[C@H]3CC[C@]4(O)C(=O)CO)[C@@]2(C)CC1. The van der Waals surface area contributed by atoms with Gasteiger partial charge in [-0.1, -0.05) is 36.7 Å². The molecule has 1 aromatic rings. The van der Waals surface area contributed by atoms with Gasteiger partial charge < -0.3 is 35.3 Å². The molecule has 1 amide bonds. The van der Waals surface area contributed by atoms with Crippen LogP contribution in [0.1, 0.15) is 71.3 Å². The standard InChI is InChI=1S/C34H46N2O9/c1-4-44-31(42)26(15-20-5-8-23(38)9-6-20)35-29(41)19-45-36-22-11-13-32(2)21(16-22)7-10-24-25-12-14-34(43,28(40)18-37)33(25,3)17-27(39)30(24)32/h5-6,8-9,16,24-27,30,37-39,43H,4,7,10-15,17-19H2,1-3H3,(H,35,41)/b36-22-/t24-,25+,26+,27+,30-,32+,33+,34+/m1/s1. The van der Waals surface area contributed by atoms with E-state index in [2.05, 4.69) is 17.4 Å². The molecule has 0 saturated heterocycles. The fraction of sp³-hybridized carbons (Fsp3) is 0.647. The minimum atomic E-state index is -1.62. The Morgan fingerprint density at radius 3 is 2.53 bits per heavy atom. The molecule has 45 heavy (non-hydrogen) atoms. The van der Waals surface area contributed by atoms with Crippen molar-refractivity contribution in [3.05, 3.63) is 41.5 Å². The summed E-state index contributed by atoms with van der Waals surface area (Å²) in [6.07, 6.45) is 5.76. The third-order valence-corrected chi connectivity index (χ3v) is 11.3. The van der Waals surface area contributed by atoms with E-state index in [1.54, 1.807) is 19.1 Å². The highest BCUT2D eigenvalue weighted by Crippen LogP contribution is 2.67. The number of nitrogens with zero attached hydrogens (tertiary/aromatic N) is 1. The predicted octanol–water partition coefficient (Wildman–Crippen LogP) is 2.58. The number of ether oxygens (including phenoxy) is 1. The molecule has 8 atom stereocenters. The second-order valence-corrected chi connectivity index (χ2v) is 13.7. The molecule has 1 aromatic carbocycles. The molecule has 3 fully saturated rings. The van der Waals surface area contributed by atoms with E-state index in [1.165, 1.54) is 17.7 Å². The van der Waals surface area contributed by atoms with Gasteiger partial charge in [-0.25, -0.2) is 4.79 Å². The fourth-order valence-corrected chi connectivity index (χ4v) is 9.08. The number of esters is 1. The number of carbonyl (C=O) groups excluding carboxylic acids is 3. The maximum atomic E-state index is 12.7. The van der Waals surface area contributed by atoms with E-state index in [9.17, 15) is 34.8 Å². The fourth-order valence-electron chi connectivity index (χ4n) is 9.08. The van der Waals surface area contributed by atoms with Crippen LogP contribution >= 0.6 is 0 Å². The number of benzene rings is 1. The molecule has 0 aliphatic heterocycles. The second-order valence-electron chi connectivity index (χ2n) is 13.7. The molecular weight excluding hydrogens is 580 g/mol. The highest BCUT2D eigenvalue weighted by molar-refractivity contribution is 5.96. The van der Waals surface area contributed by atoms with Crippen LogP contribution in [0, 0.1) is 28.6 Å². The van der Waals surface area contributed by atoms with Crippen molar-refractivity contribution in [2.24, 2.45) is 33.7 Å². The van der Waals surface area contributed by atoms with Crippen molar-refractivity contribution in [2.75, 3.05) is 19.8 Å². The van der Waals surface area contributed by atoms with Gasteiger partial charge in [0.05, 0.1) is 18.4 Å². The van der Waals surface area contributed by atoms with Crippen molar-refractivity contribution in [1.29, 1.82) is 0 Å². The van der Waals surface area contributed by atoms with Crippen LogP contribution in [0.25, 0.3) is 0 Å². The molecule has 4 aliphatic rings. The summed E-state index contributed by atoms with van der Waals surface area (Å²) in [6, 6.07) is 5.44. The number of hydrogen-bond donors (Lipinski definition) is 5. The maximum Gasteiger partial charge on any atom is 0.328 e. The van der Waals surface area contributed by atoms with Crippen LogP contribution in [0.15, 0.2) is 41.1 Å². The Kier molecular flexibility index (Phi) is 9.45. The van der Waals surface area contributed by atoms with E-state index in [0.717, 1.165) is 24.8 Å². The third-order valence-electron chi connectivity index (χ3n) is 11.3. The first-order valence-electron chi connectivity index (χ1n) is 16.0. The largest absolute Gasteiger partial charge is 0.508 e. The molecule has 4 aliphatic carbocycles. The minimum absolute atomic E-state index is 0.0243. The number of phenols is 1. The number of Topliss-reactive ketones (excluding diaryl/α,β-unsaturated/α-hetero) is 1. The zero-order valence-corrected chi connectivity index (χ0v) is 26.3. The first-order chi connectivity index (χ1) is 21.4. The Bertz CT molecular complexity index is 1360. The van der Waals surface area contributed by atoms with Crippen molar-refractivity contribution >= 4 is 23.4 Å². The number of hydrogen-bond acceptors (Lipinski definition) is 10. The number of ketones is 1. The summed E-state index contributed by atoms with van der Waals surface area (Å²) >= 11 is 0. The lowest BCUT2D eigenvalue weighted by Crippen LogP contribution is -2.62. The van der Waals surface area contributed by atoms with E-state index < -0.39 is 47.4 Å². The van der Waals surface area contributed by atoms with Crippen molar-refractivity contribution in [1.82, 2.24) is 5.32 Å². The number of phenolic OH excluding ortho intramolecular Hbond substituents is 1. The van der Waals surface area contributed by atoms with Gasteiger partial charge in [0.1, 0.15) is 24.0 Å². The number of aliphatic hydroxyl groups is 3. The third kappa shape index (κ3) is 6.02. The Hall–Kier alpha value is -3.28. The predicted molar refractivity (Wildman–Crippen MR) is 164 cm³/mol. The Morgan fingerprint density at radius 1 is 1.11 bits per heavy atom. The van der Waals surface area contributed by atoms with Gasteiger partial charge in [-0.15, -0.1) is 0 Å². The summed E-state index contributed by atoms with van der Waals surface area (Å²) in [5.74, 6) is -1.34. The molecule has 11 nitrogen and oxygen atoms in total. The van der Waals surface area contributed by atoms with E-state index in [1.807, 2.05) is 13.0 Å². The van der Waals surface area contributed by atoms with E-state index in [0.29, 0.717) is 31.4 Å². The number of aromatic hydroxyl groups is 1. The molecule has 0 spiro atoms. The lowest BCUT2D eigenvalue weighted by Gasteiger charge is -2.60. The highest BCUT2D eigenvalue weighted by Gasteiger charge is 2.68. The Labute approximate surface area is 263 Å². The zero-order valence-electron chi connectivity index (χ0n) is 26.3. The first kappa shape index (κ1) is 33.1. The van der Waals surface area contributed by atoms with Gasteiger partial charge in [0.25, 0.3) is 5.91 Å². The van der Waals surface area contributed by atoms with Gasteiger partial charge in [-0.2, -0.15) is 0 Å². The van der Waals surface area contributed by atoms with E-state index >= 15 is 0 Å². The van der Waals surface area contributed by atoms with Gasteiger partial charge >= 0.3 is 5.97 Å². The van der Waals surface area contributed by atoms with Gasteiger partial charge in [-0.3, -0.25) is 9.59 Å². The van der Waals surface area contributed by atoms with Crippen LogP contribution in [0.2, 0.25) is 0 Å². The zero-order chi connectivity index (χ0) is 32.6. The lowest BCUT2D eigenvalue weighted by molar-refractivity contribution is -0.181. The second kappa shape index (κ2) is 12.8. The molecule has 0 heterocycles. The number of aliphatic hydroxyl groups excluding tert-OH is 2. The molecule has 246 valence electrons. The maximum absolute atomic E-state index is 12.7. The average Bonchev–Trinajstić information content (AvgIpc) is 3.28. The molecule has 0 radical (unpaired) electrons. The smallest absolute Gasteiger partial charge is 0.328 e. The number of rotatable bonds is 10. The van der Waals surface area contributed by atoms with E-state index in [-0.39, 0.29) is 48.6 Å². The van der Waals surface area contributed by atoms with Crippen LogP contribution in [0.4, 0.5) is 0 Å². The minimum Gasteiger partial charge on any atom is -0.508 e. The lowest BCUT2D eigenvalue weighted by atomic mass is 9.45. The van der Waals surface area contributed by atoms with Crippen LogP contribution in [-0.2, 0) is 30.4 Å². The number of nitrogens with one attached hydrogen (secondary N) is 1. The first-order valence-corrected chi connectivity index (χ1v) is 16.0. The number of allylic oxidation sites excluding steroid dienone is 2. The van der Waals surface area contributed by atoms with Crippen molar-refractivity contribution in [2.45, 2.75) is 89.9 Å². The summed E-state index contributed by atoms with van der Waals surface area (Å²) in [6.45, 7) is 4.87. The molecular formula is C34H46N2O9. The topological polar surface area (TPSA) is 175 Å². The van der Waals surface area contributed by atoms with Gasteiger partial charge in [0.2, 0.25) is 0 Å². The molecule has 11 heteroatoms. The van der Waals surface area contributed by atoms with Crippen molar-refractivity contribution < 1.29 is 44.4 Å². The molecule has 5 N–H and O–H groups in total. The van der Waals surface area contributed by atoms with Crippen LogP contribution in [-0.4, -0.2) is 81.4 Å². The molecule has 0 unspecified atom stereocenters. The van der Waals surface area contributed by atoms with Gasteiger partial charge in [0, 0.05) is 11.8 Å².